The van der Waals surface area contributed by atoms with E-state index in [1.807, 2.05) is 0 Å². The molecular formula is C17H10ClNO3S2. The highest BCUT2D eigenvalue weighted by Crippen LogP contribution is 2.26. The van der Waals surface area contributed by atoms with Gasteiger partial charge < -0.3 is 10.1 Å². The Morgan fingerprint density at radius 2 is 1.79 bits per heavy atom. The van der Waals surface area contributed by atoms with Gasteiger partial charge in [-0.1, -0.05) is 47.7 Å². The van der Waals surface area contributed by atoms with Crippen molar-refractivity contribution < 1.29 is 14.3 Å². The van der Waals surface area contributed by atoms with Crippen LogP contribution in [0.4, 0.5) is 0 Å². The second kappa shape index (κ2) is 7.17. The van der Waals surface area contributed by atoms with Crippen molar-refractivity contribution in [2.75, 3.05) is 0 Å². The predicted octanol–water partition coefficient (Wildman–Crippen LogP) is 4.05. The Balaban J connectivity index is 1.69. The summed E-state index contributed by atoms with van der Waals surface area (Å²) in [6.45, 7) is 0. The number of carbonyl (C=O) groups excluding carboxylic acids is 2. The summed E-state index contributed by atoms with van der Waals surface area (Å²) < 4.78 is 5.74. The minimum Gasteiger partial charge on any atom is -0.423 e. The molecule has 7 heteroatoms. The molecule has 0 unspecified atom stereocenters. The lowest BCUT2D eigenvalue weighted by molar-refractivity contribution is -0.115. The quantitative estimate of drug-likeness (QED) is 0.379. The lowest BCUT2D eigenvalue weighted by atomic mass is 10.2. The van der Waals surface area contributed by atoms with Crippen LogP contribution in [0.5, 0.6) is 5.75 Å². The Labute approximate surface area is 152 Å². The van der Waals surface area contributed by atoms with E-state index in [1.165, 1.54) is 11.8 Å². The molecule has 0 aromatic heterocycles. The van der Waals surface area contributed by atoms with Gasteiger partial charge in [0.15, 0.2) is 0 Å². The average molecular weight is 376 g/mol. The summed E-state index contributed by atoms with van der Waals surface area (Å²) >= 11 is 11.9. The van der Waals surface area contributed by atoms with Crippen molar-refractivity contribution >= 4 is 57.9 Å². The number of hydrogen-bond acceptors (Lipinski definition) is 5. The van der Waals surface area contributed by atoms with Gasteiger partial charge in [0.1, 0.15) is 10.1 Å². The number of carbonyl (C=O) groups is 2. The topological polar surface area (TPSA) is 55.4 Å². The van der Waals surface area contributed by atoms with Crippen molar-refractivity contribution in [1.82, 2.24) is 5.32 Å². The predicted molar refractivity (Wildman–Crippen MR) is 99.2 cm³/mol. The molecule has 0 radical (unpaired) electrons. The van der Waals surface area contributed by atoms with E-state index in [-0.39, 0.29) is 5.91 Å². The number of halogens is 1. The zero-order valence-electron chi connectivity index (χ0n) is 12.1. The highest BCUT2D eigenvalue weighted by molar-refractivity contribution is 8.26. The van der Waals surface area contributed by atoms with E-state index in [9.17, 15) is 9.59 Å². The van der Waals surface area contributed by atoms with E-state index >= 15 is 0 Å². The Hall–Kier alpha value is -2.15. The second-order valence-corrected chi connectivity index (χ2v) is 6.97. The molecule has 0 spiro atoms. The molecule has 2 aromatic carbocycles. The number of hydrogen-bond donors (Lipinski definition) is 1. The SMILES string of the molecule is O=C1NC(=S)S/C1=C\c1ccc(OC(=O)c2ccc(Cl)cc2)cc1. The molecule has 1 heterocycles. The molecule has 0 atom stereocenters. The molecule has 3 rings (SSSR count). The molecule has 0 bridgehead atoms. The van der Waals surface area contributed by atoms with Crippen LogP contribution in [-0.2, 0) is 4.79 Å². The number of thiocarbonyl (C=S) groups is 1. The van der Waals surface area contributed by atoms with Gasteiger partial charge in [0.05, 0.1) is 10.5 Å². The van der Waals surface area contributed by atoms with Crippen LogP contribution in [0, 0.1) is 0 Å². The summed E-state index contributed by atoms with van der Waals surface area (Å²) in [7, 11) is 0. The number of thioether (sulfide) groups is 1. The Morgan fingerprint density at radius 3 is 2.38 bits per heavy atom. The van der Waals surface area contributed by atoms with E-state index in [0.29, 0.717) is 25.6 Å². The fraction of sp³-hybridized carbons (Fsp3) is 0. The Kier molecular flexibility index (Phi) is 4.99. The van der Waals surface area contributed by atoms with E-state index in [4.69, 9.17) is 28.6 Å². The molecule has 1 fully saturated rings. The molecule has 1 saturated heterocycles. The van der Waals surface area contributed by atoms with Crippen molar-refractivity contribution in [2.24, 2.45) is 0 Å². The van der Waals surface area contributed by atoms with Crippen LogP contribution in [-0.4, -0.2) is 16.2 Å². The zero-order valence-corrected chi connectivity index (χ0v) is 14.5. The molecule has 1 amide bonds. The Morgan fingerprint density at radius 1 is 1.12 bits per heavy atom. The number of benzene rings is 2. The molecule has 4 nitrogen and oxygen atoms in total. The van der Waals surface area contributed by atoms with Crippen LogP contribution in [0.3, 0.4) is 0 Å². The summed E-state index contributed by atoms with van der Waals surface area (Å²) in [5.74, 6) is -0.256. The minimum atomic E-state index is -0.464. The average Bonchev–Trinajstić information content (AvgIpc) is 2.87. The van der Waals surface area contributed by atoms with Crippen LogP contribution < -0.4 is 10.1 Å². The standard InChI is InChI=1S/C17H10ClNO3S2/c18-12-5-3-11(4-6-12)16(21)22-13-7-1-10(2-8-13)9-14-15(20)19-17(23)24-14/h1-9H,(H,19,20,23)/b14-9-. The van der Waals surface area contributed by atoms with Gasteiger partial charge in [0.2, 0.25) is 0 Å². The number of amides is 1. The fourth-order valence-corrected chi connectivity index (χ4v) is 3.13. The normalized spacial score (nSPS) is 15.5. The first-order valence-electron chi connectivity index (χ1n) is 6.84. The van der Waals surface area contributed by atoms with Crippen molar-refractivity contribution in [3.8, 4) is 5.75 Å². The number of rotatable bonds is 3. The van der Waals surface area contributed by atoms with Crippen molar-refractivity contribution in [1.29, 1.82) is 0 Å². The largest absolute Gasteiger partial charge is 0.423 e. The second-order valence-electron chi connectivity index (χ2n) is 4.82. The van der Waals surface area contributed by atoms with Gasteiger partial charge in [-0.05, 0) is 48.0 Å². The maximum atomic E-state index is 12.0. The van der Waals surface area contributed by atoms with Crippen LogP contribution in [0.2, 0.25) is 5.02 Å². The number of nitrogens with one attached hydrogen (secondary N) is 1. The fourth-order valence-electron chi connectivity index (χ4n) is 1.96. The smallest absolute Gasteiger partial charge is 0.343 e. The first-order valence-corrected chi connectivity index (χ1v) is 8.44. The number of esters is 1. The monoisotopic (exact) mass is 375 g/mol. The molecule has 1 N–H and O–H groups in total. The highest BCUT2D eigenvalue weighted by Gasteiger charge is 2.21. The van der Waals surface area contributed by atoms with Gasteiger partial charge in [-0.2, -0.15) is 0 Å². The molecule has 1 aliphatic heterocycles. The van der Waals surface area contributed by atoms with Crippen molar-refractivity contribution in [2.45, 2.75) is 0 Å². The van der Waals surface area contributed by atoms with Gasteiger partial charge in [-0.25, -0.2) is 4.79 Å². The van der Waals surface area contributed by atoms with Gasteiger partial charge >= 0.3 is 5.97 Å². The lowest BCUT2D eigenvalue weighted by Gasteiger charge is -2.05. The third-order valence-corrected chi connectivity index (χ3v) is 4.53. The van der Waals surface area contributed by atoms with Crippen molar-refractivity contribution in [3.05, 3.63) is 69.6 Å². The lowest BCUT2D eigenvalue weighted by Crippen LogP contribution is -2.17. The van der Waals surface area contributed by atoms with Gasteiger partial charge in [0.25, 0.3) is 5.91 Å². The molecule has 120 valence electrons. The van der Waals surface area contributed by atoms with Crippen molar-refractivity contribution in [3.63, 3.8) is 0 Å². The third-order valence-electron chi connectivity index (χ3n) is 3.11. The minimum absolute atomic E-state index is 0.205. The van der Waals surface area contributed by atoms with Gasteiger partial charge in [-0.3, -0.25) is 4.79 Å². The van der Waals surface area contributed by atoms with Crippen LogP contribution in [0.15, 0.2) is 53.4 Å². The van der Waals surface area contributed by atoms with Crippen LogP contribution in [0.25, 0.3) is 6.08 Å². The molecule has 0 aliphatic carbocycles. The summed E-state index contributed by atoms with van der Waals surface area (Å²) in [6, 6.07) is 13.3. The van der Waals surface area contributed by atoms with E-state index in [2.05, 4.69) is 5.32 Å². The van der Waals surface area contributed by atoms with Crippen LogP contribution in [0.1, 0.15) is 15.9 Å². The summed E-state index contributed by atoms with van der Waals surface area (Å²) in [5.41, 5.74) is 1.22. The zero-order chi connectivity index (χ0) is 17.1. The highest BCUT2D eigenvalue weighted by atomic mass is 35.5. The maximum Gasteiger partial charge on any atom is 0.343 e. The molecule has 1 aliphatic rings. The first kappa shape index (κ1) is 16.7. The molecular weight excluding hydrogens is 366 g/mol. The Bertz CT molecular complexity index is 845. The number of ether oxygens (including phenoxy) is 1. The van der Waals surface area contributed by atoms with E-state index < -0.39 is 5.97 Å². The molecule has 0 saturated carbocycles. The summed E-state index contributed by atoms with van der Waals surface area (Å²) in [5, 5.41) is 3.11. The molecule has 24 heavy (non-hydrogen) atoms. The third kappa shape index (κ3) is 4.03. The van der Waals surface area contributed by atoms with Gasteiger partial charge in [-0.15, -0.1) is 0 Å². The summed E-state index contributed by atoms with van der Waals surface area (Å²) in [4.78, 5) is 24.2. The summed E-state index contributed by atoms with van der Waals surface area (Å²) in [6.07, 6.45) is 1.73. The maximum absolute atomic E-state index is 12.0. The van der Waals surface area contributed by atoms with Crippen LogP contribution >= 0.6 is 35.6 Å². The molecule has 2 aromatic rings. The van der Waals surface area contributed by atoms with E-state index in [0.717, 1.165) is 5.56 Å². The van der Waals surface area contributed by atoms with Gasteiger partial charge in [0, 0.05) is 5.02 Å². The van der Waals surface area contributed by atoms with E-state index in [1.54, 1.807) is 54.6 Å². The first-order chi connectivity index (χ1) is 11.5.